The maximum Gasteiger partial charge on any atom is 0.145 e. The second-order valence-electron chi connectivity index (χ2n) is 3.78. The Balaban J connectivity index is 2.32. The van der Waals surface area contributed by atoms with Gasteiger partial charge in [0.05, 0.1) is 5.56 Å². The number of nitrogen functional groups attached to an aromatic ring is 1. The van der Waals surface area contributed by atoms with Gasteiger partial charge in [0.2, 0.25) is 0 Å². The van der Waals surface area contributed by atoms with E-state index >= 15 is 0 Å². The summed E-state index contributed by atoms with van der Waals surface area (Å²) in [7, 11) is 0. The summed E-state index contributed by atoms with van der Waals surface area (Å²) < 4.78 is 5.66. The predicted molar refractivity (Wildman–Crippen MR) is 66.8 cm³/mol. The molecule has 0 aliphatic heterocycles. The summed E-state index contributed by atoms with van der Waals surface area (Å²) in [5, 5.41) is 8.98. The van der Waals surface area contributed by atoms with Crippen LogP contribution < -0.4 is 10.5 Å². The Kier molecular flexibility index (Phi) is 2.97. The van der Waals surface area contributed by atoms with Gasteiger partial charge in [-0.1, -0.05) is 6.07 Å². The molecular formula is C14H12N2O. The number of nitriles is 1. The Morgan fingerprint density at radius 1 is 1.12 bits per heavy atom. The quantitative estimate of drug-likeness (QED) is 0.796. The number of anilines is 1. The molecule has 2 rings (SSSR count). The lowest BCUT2D eigenvalue weighted by atomic mass is 10.1. The average molecular weight is 224 g/mol. The molecular weight excluding hydrogens is 212 g/mol. The van der Waals surface area contributed by atoms with Crippen LogP contribution >= 0.6 is 0 Å². The Morgan fingerprint density at radius 2 is 1.82 bits per heavy atom. The lowest BCUT2D eigenvalue weighted by Crippen LogP contribution is -1.90. The SMILES string of the molecule is Cc1ccc(C#N)c(Oc2ccc(N)cc2)c1. The topological polar surface area (TPSA) is 59.0 Å². The smallest absolute Gasteiger partial charge is 0.145 e. The molecule has 0 unspecified atom stereocenters. The summed E-state index contributed by atoms with van der Waals surface area (Å²) in [5.41, 5.74) is 7.85. The number of aryl methyl sites for hydroxylation is 1. The highest BCUT2D eigenvalue weighted by molar-refractivity contribution is 5.48. The van der Waals surface area contributed by atoms with Gasteiger partial charge in [-0.3, -0.25) is 0 Å². The van der Waals surface area contributed by atoms with Gasteiger partial charge in [0.15, 0.2) is 0 Å². The minimum Gasteiger partial charge on any atom is -0.456 e. The van der Waals surface area contributed by atoms with Crippen LogP contribution in [0.25, 0.3) is 0 Å². The standard InChI is InChI=1S/C14H12N2O/c1-10-2-3-11(9-15)14(8-10)17-13-6-4-12(16)5-7-13/h2-8H,16H2,1H3. The highest BCUT2D eigenvalue weighted by Crippen LogP contribution is 2.26. The zero-order valence-corrected chi connectivity index (χ0v) is 9.47. The normalized spacial score (nSPS) is 9.65. The van der Waals surface area contributed by atoms with Gasteiger partial charge < -0.3 is 10.5 Å². The third kappa shape index (κ3) is 2.56. The van der Waals surface area contributed by atoms with E-state index in [1.54, 1.807) is 30.3 Å². The molecule has 2 aromatic rings. The van der Waals surface area contributed by atoms with Crippen molar-refractivity contribution in [3.05, 3.63) is 53.6 Å². The van der Waals surface area contributed by atoms with Gasteiger partial charge in [0.1, 0.15) is 17.6 Å². The van der Waals surface area contributed by atoms with E-state index in [2.05, 4.69) is 6.07 Å². The van der Waals surface area contributed by atoms with E-state index in [9.17, 15) is 0 Å². The molecule has 17 heavy (non-hydrogen) atoms. The molecule has 3 heteroatoms. The monoisotopic (exact) mass is 224 g/mol. The molecule has 0 saturated carbocycles. The molecule has 0 heterocycles. The van der Waals surface area contributed by atoms with E-state index in [-0.39, 0.29) is 0 Å². The minimum atomic E-state index is 0.521. The molecule has 0 bridgehead atoms. The van der Waals surface area contributed by atoms with Gasteiger partial charge in [0.25, 0.3) is 0 Å². The molecule has 0 amide bonds. The zero-order chi connectivity index (χ0) is 12.3. The molecule has 84 valence electrons. The molecule has 0 radical (unpaired) electrons. The van der Waals surface area contributed by atoms with Crippen LogP contribution in [-0.4, -0.2) is 0 Å². The van der Waals surface area contributed by atoms with Crippen LogP contribution in [0.1, 0.15) is 11.1 Å². The lowest BCUT2D eigenvalue weighted by Gasteiger charge is -2.08. The van der Waals surface area contributed by atoms with Crippen molar-refractivity contribution in [1.29, 1.82) is 5.26 Å². The first kappa shape index (κ1) is 11.0. The van der Waals surface area contributed by atoms with Crippen LogP contribution in [0.15, 0.2) is 42.5 Å². The van der Waals surface area contributed by atoms with Crippen molar-refractivity contribution in [1.82, 2.24) is 0 Å². The highest BCUT2D eigenvalue weighted by atomic mass is 16.5. The molecule has 0 saturated heterocycles. The first-order valence-corrected chi connectivity index (χ1v) is 5.23. The molecule has 0 aromatic heterocycles. The fourth-order valence-electron chi connectivity index (χ4n) is 1.47. The molecule has 3 nitrogen and oxygen atoms in total. The van der Waals surface area contributed by atoms with Crippen LogP contribution in [0.4, 0.5) is 5.69 Å². The number of hydrogen-bond donors (Lipinski definition) is 1. The lowest BCUT2D eigenvalue weighted by molar-refractivity contribution is 0.481. The molecule has 2 aromatic carbocycles. The van der Waals surface area contributed by atoms with Crippen molar-refractivity contribution >= 4 is 5.69 Å². The van der Waals surface area contributed by atoms with Crippen molar-refractivity contribution in [3.8, 4) is 17.6 Å². The molecule has 0 fully saturated rings. The van der Waals surface area contributed by atoms with E-state index in [0.29, 0.717) is 22.7 Å². The van der Waals surface area contributed by atoms with Gasteiger partial charge in [-0.2, -0.15) is 5.26 Å². The third-order valence-electron chi connectivity index (χ3n) is 2.37. The Bertz CT molecular complexity index is 568. The second-order valence-corrected chi connectivity index (χ2v) is 3.78. The van der Waals surface area contributed by atoms with Crippen molar-refractivity contribution in [3.63, 3.8) is 0 Å². The second kappa shape index (κ2) is 4.58. The van der Waals surface area contributed by atoms with Crippen LogP contribution in [0.2, 0.25) is 0 Å². The number of hydrogen-bond acceptors (Lipinski definition) is 3. The van der Waals surface area contributed by atoms with Gasteiger partial charge in [-0.05, 0) is 48.9 Å². The summed E-state index contributed by atoms with van der Waals surface area (Å²) in [5.74, 6) is 1.23. The molecule has 0 spiro atoms. The van der Waals surface area contributed by atoms with Gasteiger partial charge in [0, 0.05) is 5.69 Å². The Morgan fingerprint density at radius 3 is 2.47 bits per heavy atom. The van der Waals surface area contributed by atoms with Crippen molar-refractivity contribution < 1.29 is 4.74 Å². The van der Waals surface area contributed by atoms with Crippen molar-refractivity contribution in [2.45, 2.75) is 6.92 Å². The number of benzene rings is 2. The summed E-state index contributed by atoms with van der Waals surface area (Å²) in [6.45, 7) is 1.96. The van der Waals surface area contributed by atoms with Gasteiger partial charge in [-0.25, -0.2) is 0 Å². The number of nitrogens with two attached hydrogens (primary N) is 1. The van der Waals surface area contributed by atoms with Crippen LogP contribution in [-0.2, 0) is 0 Å². The summed E-state index contributed by atoms with van der Waals surface area (Å²) >= 11 is 0. The molecule has 2 N–H and O–H groups in total. The zero-order valence-electron chi connectivity index (χ0n) is 9.47. The van der Waals surface area contributed by atoms with Crippen LogP contribution in [0.5, 0.6) is 11.5 Å². The van der Waals surface area contributed by atoms with E-state index in [1.165, 1.54) is 0 Å². The maximum atomic E-state index is 8.98. The first-order chi connectivity index (χ1) is 8.19. The minimum absolute atomic E-state index is 0.521. The molecule has 0 atom stereocenters. The van der Waals surface area contributed by atoms with Crippen molar-refractivity contribution in [2.24, 2.45) is 0 Å². The fourth-order valence-corrected chi connectivity index (χ4v) is 1.47. The fraction of sp³-hybridized carbons (Fsp3) is 0.0714. The highest BCUT2D eigenvalue weighted by Gasteiger charge is 2.04. The van der Waals surface area contributed by atoms with Gasteiger partial charge >= 0.3 is 0 Å². The number of ether oxygens (including phenoxy) is 1. The number of rotatable bonds is 2. The predicted octanol–water partition coefficient (Wildman–Crippen LogP) is 3.24. The third-order valence-corrected chi connectivity index (χ3v) is 2.37. The van der Waals surface area contributed by atoms with Crippen LogP contribution in [0.3, 0.4) is 0 Å². The molecule has 0 aliphatic carbocycles. The largest absolute Gasteiger partial charge is 0.456 e. The Hall–Kier alpha value is -2.47. The maximum absolute atomic E-state index is 8.98. The summed E-state index contributed by atoms with van der Waals surface area (Å²) in [4.78, 5) is 0. The van der Waals surface area contributed by atoms with E-state index < -0.39 is 0 Å². The van der Waals surface area contributed by atoms with E-state index in [0.717, 1.165) is 5.56 Å². The van der Waals surface area contributed by atoms with Crippen LogP contribution in [0, 0.1) is 18.3 Å². The Labute approximate surface area is 100 Å². The first-order valence-electron chi connectivity index (χ1n) is 5.23. The van der Waals surface area contributed by atoms with Crippen molar-refractivity contribution in [2.75, 3.05) is 5.73 Å². The number of nitrogens with zero attached hydrogens (tertiary/aromatic N) is 1. The van der Waals surface area contributed by atoms with Gasteiger partial charge in [-0.15, -0.1) is 0 Å². The van der Waals surface area contributed by atoms with E-state index in [4.69, 9.17) is 15.7 Å². The molecule has 0 aliphatic rings. The summed E-state index contributed by atoms with van der Waals surface area (Å²) in [6, 6.07) is 14.7. The van der Waals surface area contributed by atoms with E-state index in [1.807, 2.05) is 19.1 Å². The average Bonchev–Trinajstić information content (AvgIpc) is 2.32. The summed E-state index contributed by atoms with van der Waals surface area (Å²) in [6.07, 6.45) is 0.